The number of amides is 1. The third-order valence-corrected chi connectivity index (χ3v) is 11.3. The maximum Gasteiger partial charge on any atom is 0.404 e. The molecule has 0 spiro atoms. The van der Waals surface area contributed by atoms with E-state index in [0.29, 0.717) is 6.42 Å². The minimum atomic E-state index is -2.76. The number of rotatable bonds is 6. The molecule has 0 unspecified atom stereocenters. The summed E-state index contributed by atoms with van der Waals surface area (Å²) in [6.07, 6.45) is 0.855. The van der Waals surface area contributed by atoms with Gasteiger partial charge in [0.2, 0.25) is 0 Å². The van der Waals surface area contributed by atoms with Gasteiger partial charge in [-0.2, -0.15) is 0 Å². The van der Waals surface area contributed by atoms with Crippen molar-refractivity contribution in [1.82, 2.24) is 5.32 Å². The number of benzene rings is 2. The van der Waals surface area contributed by atoms with Gasteiger partial charge in [0.1, 0.15) is 0 Å². The predicted octanol–water partition coefficient (Wildman–Crippen LogP) is 3.36. The summed E-state index contributed by atoms with van der Waals surface area (Å²) in [6, 6.07) is 20.4. The standard InChI is InChI=1S/C24H33NO4Si/c1-24(2,3)30(19-10-6-4-7-11-19,20-12-8-5-9-13-20)29-22-15-14-18(17-26)16-21(22)25-23(27)28/h4-13,18,21-22,25-26H,14-17H2,1-3H3,(H,27,28)/t18-,21+,22+/m0/s1. The molecular formula is C24H33NO4Si. The number of hydrogen-bond donors (Lipinski definition) is 3. The van der Waals surface area contributed by atoms with Gasteiger partial charge >= 0.3 is 6.09 Å². The second-order valence-electron chi connectivity index (χ2n) is 9.24. The molecule has 162 valence electrons. The Morgan fingerprint density at radius 2 is 1.57 bits per heavy atom. The van der Waals surface area contributed by atoms with E-state index >= 15 is 0 Å². The molecule has 1 saturated carbocycles. The molecule has 1 aliphatic carbocycles. The maximum atomic E-state index is 11.5. The molecule has 5 nitrogen and oxygen atoms in total. The van der Waals surface area contributed by atoms with Crippen molar-refractivity contribution in [1.29, 1.82) is 0 Å². The van der Waals surface area contributed by atoms with Crippen LogP contribution >= 0.6 is 0 Å². The van der Waals surface area contributed by atoms with E-state index in [-0.39, 0.29) is 29.7 Å². The number of nitrogens with one attached hydrogen (secondary N) is 1. The summed E-state index contributed by atoms with van der Waals surface area (Å²) in [7, 11) is -2.76. The highest BCUT2D eigenvalue weighted by atomic mass is 28.4. The Hall–Kier alpha value is -2.15. The lowest BCUT2D eigenvalue weighted by Gasteiger charge is -2.48. The molecule has 3 atom stereocenters. The molecule has 0 saturated heterocycles. The fourth-order valence-electron chi connectivity index (χ4n) is 4.77. The van der Waals surface area contributed by atoms with E-state index in [4.69, 9.17) is 4.43 Å². The molecule has 2 aromatic rings. The summed E-state index contributed by atoms with van der Waals surface area (Å²) in [6.45, 7) is 6.73. The van der Waals surface area contributed by atoms with Crippen molar-refractivity contribution in [2.75, 3.05) is 6.61 Å². The highest BCUT2D eigenvalue weighted by molar-refractivity contribution is 6.99. The lowest BCUT2D eigenvalue weighted by atomic mass is 9.84. The van der Waals surface area contributed by atoms with Crippen LogP contribution in [0.25, 0.3) is 0 Å². The van der Waals surface area contributed by atoms with Gasteiger partial charge in [-0.15, -0.1) is 0 Å². The monoisotopic (exact) mass is 427 g/mol. The van der Waals surface area contributed by atoms with Crippen LogP contribution in [0, 0.1) is 5.92 Å². The zero-order chi connectivity index (χ0) is 21.8. The quantitative estimate of drug-likeness (QED) is 0.618. The molecule has 2 aromatic carbocycles. The summed E-state index contributed by atoms with van der Waals surface area (Å²) in [5.74, 6) is 0.0980. The highest BCUT2D eigenvalue weighted by Gasteiger charge is 2.52. The van der Waals surface area contributed by atoms with E-state index < -0.39 is 14.4 Å². The van der Waals surface area contributed by atoms with Crippen LogP contribution in [0.2, 0.25) is 5.04 Å². The normalized spacial score (nSPS) is 22.5. The SMILES string of the molecule is CC(C)(C)[Si](O[C@@H]1CC[C@H](CO)C[C@H]1NC(=O)O)(c1ccccc1)c1ccccc1. The maximum absolute atomic E-state index is 11.5. The van der Waals surface area contributed by atoms with Crippen LogP contribution in [0.5, 0.6) is 0 Å². The van der Waals surface area contributed by atoms with Crippen LogP contribution in [0.15, 0.2) is 60.7 Å². The number of carboxylic acid groups (broad SMARTS) is 1. The average molecular weight is 428 g/mol. The van der Waals surface area contributed by atoms with Gasteiger partial charge in [0.25, 0.3) is 8.32 Å². The van der Waals surface area contributed by atoms with Crippen molar-refractivity contribution < 1.29 is 19.4 Å². The first-order valence-electron chi connectivity index (χ1n) is 10.7. The third-order valence-electron chi connectivity index (χ3n) is 6.21. The molecule has 0 radical (unpaired) electrons. The van der Waals surface area contributed by atoms with Crippen molar-refractivity contribution in [2.45, 2.75) is 57.2 Å². The Labute approximate surface area is 180 Å². The minimum absolute atomic E-state index is 0.0731. The Bertz CT molecular complexity index is 783. The zero-order valence-corrected chi connectivity index (χ0v) is 19.0. The van der Waals surface area contributed by atoms with Gasteiger partial charge in [0.15, 0.2) is 0 Å². The highest BCUT2D eigenvalue weighted by Crippen LogP contribution is 2.39. The smallest absolute Gasteiger partial charge is 0.404 e. The van der Waals surface area contributed by atoms with Gasteiger partial charge < -0.3 is 20.0 Å². The van der Waals surface area contributed by atoms with E-state index in [9.17, 15) is 15.0 Å². The topological polar surface area (TPSA) is 78.8 Å². The minimum Gasteiger partial charge on any atom is -0.465 e. The van der Waals surface area contributed by atoms with Crippen molar-refractivity contribution in [3.8, 4) is 0 Å². The van der Waals surface area contributed by atoms with Gasteiger partial charge in [-0.05, 0) is 40.6 Å². The average Bonchev–Trinajstić information content (AvgIpc) is 2.72. The molecule has 3 rings (SSSR count). The molecule has 0 aromatic heterocycles. The lowest BCUT2D eigenvalue weighted by molar-refractivity contribution is 0.0627. The molecule has 0 bridgehead atoms. The number of aliphatic hydroxyl groups excluding tert-OH is 1. The van der Waals surface area contributed by atoms with Gasteiger partial charge in [-0.3, -0.25) is 0 Å². The molecule has 6 heteroatoms. The summed E-state index contributed by atoms with van der Waals surface area (Å²) >= 11 is 0. The summed E-state index contributed by atoms with van der Waals surface area (Å²) in [5, 5.41) is 23.9. The molecule has 1 aliphatic rings. The Balaban J connectivity index is 2.09. The molecule has 30 heavy (non-hydrogen) atoms. The molecule has 3 N–H and O–H groups in total. The fraction of sp³-hybridized carbons (Fsp3) is 0.458. The van der Waals surface area contributed by atoms with Crippen LogP contribution in [-0.2, 0) is 4.43 Å². The number of hydrogen-bond acceptors (Lipinski definition) is 3. The van der Waals surface area contributed by atoms with Crippen molar-refractivity contribution in [3.63, 3.8) is 0 Å². The van der Waals surface area contributed by atoms with Crippen LogP contribution in [-0.4, -0.2) is 43.4 Å². The van der Waals surface area contributed by atoms with Crippen molar-refractivity contribution in [3.05, 3.63) is 60.7 Å². The summed E-state index contributed by atoms with van der Waals surface area (Å²) in [4.78, 5) is 11.5. The molecule has 0 aliphatic heterocycles. The van der Waals surface area contributed by atoms with E-state index in [2.05, 4.69) is 50.4 Å². The number of carbonyl (C=O) groups is 1. The Kier molecular flexibility index (Phi) is 7.01. The lowest BCUT2D eigenvalue weighted by Crippen LogP contribution is -2.69. The molecular weight excluding hydrogens is 394 g/mol. The van der Waals surface area contributed by atoms with Crippen LogP contribution in [0.4, 0.5) is 4.79 Å². The van der Waals surface area contributed by atoms with Gasteiger partial charge in [0, 0.05) is 6.61 Å². The third kappa shape index (κ3) is 4.61. The molecule has 0 heterocycles. The predicted molar refractivity (Wildman–Crippen MR) is 122 cm³/mol. The molecule has 1 fully saturated rings. The van der Waals surface area contributed by atoms with Gasteiger partial charge in [-0.25, -0.2) is 4.79 Å². The second-order valence-corrected chi connectivity index (χ2v) is 13.5. The first-order valence-corrected chi connectivity index (χ1v) is 12.6. The Morgan fingerprint density at radius 3 is 2.00 bits per heavy atom. The summed E-state index contributed by atoms with van der Waals surface area (Å²) in [5.41, 5.74) is 0. The second kappa shape index (κ2) is 9.33. The van der Waals surface area contributed by atoms with E-state index in [1.54, 1.807) is 0 Å². The van der Waals surface area contributed by atoms with Crippen LogP contribution in [0.1, 0.15) is 40.0 Å². The van der Waals surface area contributed by atoms with Crippen molar-refractivity contribution in [2.24, 2.45) is 5.92 Å². The van der Waals surface area contributed by atoms with E-state index in [1.807, 2.05) is 36.4 Å². The zero-order valence-electron chi connectivity index (χ0n) is 18.0. The van der Waals surface area contributed by atoms with Crippen LogP contribution < -0.4 is 15.7 Å². The van der Waals surface area contributed by atoms with Crippen molar-refractivity contribution >= 4 is 24.8 Å². The van der Waals surface area contributed by atoms with E-state index in [1.165, 1.54) is 10.4 Å². The fourth-order valence-corrected chi connectivity index (χ4v) is 9.52. The van der Waals surface area contributed by atoms with Crippen LogP contribution in [0.3, 0.4) is 0 Å². The largest absolute Gasteiger partial charge is 0.465 e. The van der Waals surface area contributed by atoms with Gasteiger partial charge in [-0.1, -0.05) is 81.4 Å². The van der Waals surface area contributed by atoms with Gasteiger partial charge in [0.05, 0.1) is 12.1 Å². The van der Waals surface area contributed by atoms with E-state index in [0.717, 1.165) is 12.8 Å². The Morgan fingerprint density at radius 1 is 1.03 bits per heavy atom. The summed E-state index contributed by atoms with van der Waals surface area (Å²) < 4.78 is 7.15. The first-order chi connectivity index (χ1) is 14.3. The first kappa shape index (κ1) is 22.5. The number of aliphatic hydroxyl groups is 1. The molecule has 1 amide bonds.